The Hall–Kier alpha value is -1.28. The first-order chi connectivity index (χ1) is 9.82. The van der Waals surface area contributed by atoms with Gasteiger partial charge in [0.15, 0.2) is 23.3 Å². The van der Waals surface area contributed by atoms with E-state index < -0.39 is 40.4 Å². The smallest absolute Gasteiger partial charge is 0.200 e. The molecule has 0 aliphatic rings. The number of anilines is 1. The minimum atomic E-state index is -2.17. The molecule has 2 N–H and O–H groups in total. The second-order valence-corrected chi connectivity index (χ2v) is 5.95. The first-order valence-electron chi connectivity index (χ1n) is 5.51. The molecule has 112 valence electrons. The Morgan fingerprint density at radius 1 is 0.905 bits per heavy atom. The van der Waals surface area contributed by atoms with Crippen molar-refractivity contribution in [1.29, 1.82) is 0 Å². The molecule has 21 heavy (non-hydrogen) atoms. The van der Waals surface area contributed by atoms with Crippen molar-refractivity contribution in [2.75, 3.05) is 5.73 Å². The summed E-state index contributed by atoms with van der Waals surface area (Å²) in [6.45, 7) is 0. The molecule has 0 bridgehead atoms. The molecular formula is C13H7BrF5NS. The number of nitrogens with two attached hydrogens (primary N) is 1. The number of thioether (sulfide) groups is 1. The summed E-state index contributed by atoms with van der Waals surface area (Å²) in [7, 11) is 0. The highest BCUT2D eigenvalue weighted by Gasteiger charge is 2.25. The molecule has 2 rings (SSSR count). The van der Waals surface area contributed by atoms with E-state index in [0.717, 1.165) is 11.8 Å². The van der Waals surface area contributed by atoms with Crippen LogP contribution in [0, 0.1) is 29.1 Å². The van der Waals surface area contributed by atoms with E-state index in [1.54, 1.807) is 18.2 Å². The molecule has 0 aliphatic carbocycles. The molecule has 0 unspecified atom stereocenters. The van der Waals surface area contributed by atoms with Crippen molar-refractivity contribution in [2.45, 2.75) is 10.6 Å². The van der Waals surface area contributed by atoms with E-state index >= 15 is 0 Å². The zero-order valence-electron chi connectivity index (χ0n) is 10.2. The van der Waals surface area contributed by atoms with E-state index in [-0.39, 0.29) is 0 Å². The quantitative estimate of drug-likeness (QED) is 0.265. The van der Waals surface area contributed by atoms with Gasteiger partial charge in [0.2, 0.25) is 5.82 Å². The van der Waals surface area contributed by atoms with E-state index in [4.69, 9.17) is 5.73 Å². The van der Waals surface area contributed by atoms with Crippen LogP contribution in [0.4, 0.5) is 27.6 Å². The van der Waals surface area contributed by atoms with Crippen LogP contribution < -0.4 is 5.73 Å². The summed E-state index contributed by atoms with van der Waals surface area (Å²) in [6, 6.07) is 4.81. The largest absolute Gasteiger partial charge is 0.398 e. The molecule has 0 spiro atoms. The molecular weight excluding hydrogens is 377 g/mol. The van der Waals surface area contributed by atoms with Gasteiger partial charge in [-0.2, -0.15) is 0 Å². The van der Waals surface area contributed by atoms with Crippen molar-refractivity contribution < 1.29 is 22.0 Å². The van der Waals surface area contributed by atoms with Gasteiger partial charge in [-0.05, 0) is 18.2 Å². The second kappa shape index (κ2) is 6.23. The molecule has 0 saturated heterocycles. The van der Waals surface area contributed by atoms with Gasteiger partial charge < -0.3 is 5.73 Å². The van der Waals surface area contributed by atoms with E-state index in [1.807, 2.05) is 0 Å². The summed E-state index contributed by atoms with van der Waals surface area (Å²) in [6.07, 6.45) is 0. The fourth-order valence-electron chi connectivity index (χ4n) is 1.56. The predicted molar refractivity (Wildman–Crippen MR) is 74.3 cm³/mol. The third-order valence-corrected chi connectivity index (χ3v) is 4.24. The van der Waals surface area contributed by atoms with Crippen molar-refractivity contribution in [3.8, 4) is 0 Å². The normalized spacial score (nSPS) is 11.0. The van der Waals surface area contributed by atoms with Crippen LogP contribution >= 0.6 is 27.7 Å². The van der Waals surface area contributed by atoms with Crippen molar-refractivity contribution >= 4 is 33.4 Å². The summed E-state index contributed by atoms with van der Waals surface area (Å²) in [5.74, 6) is -10.2. The molecule has 0 atom stereocenters. The highest BCUT2D eigenvalue weighted by atomic mass is 79.9. The van der Waals surface area contributed by atoms with Crippen molar-refractivity contribution in [3.05, 3.63) is 57.3 Å². The minimum absolute atomic E-state index is 0.340. The maximum Gasteiger partial charge on any atom is 0.200 e. The number of rotatable bonds is 3. The zero-order valence-corrected chi connectivity index (χ0v) is 12.6. The van der Waals surface area contributed by atoms with Gasteiger partial charge in [0.05, 0.1) is 0 Å². The van der Waals surface area contributed by atoms with Crippen LogP contribution in [-0.2, 0) is 5.75 Å². The standard InChI is InChI=1S/C13H7BrF5NS/c14-5-1-2-7(20)8(3-5)21-4-6-9(15)11(17)13(19)12(18)10(6)16/h1-3H,4,20H2. The van der Waals surface area contributed by atoms with Crippen molar-refractivity contribution in [2.24, 2.45) is 0 Å². The molecule has 1 nitrogen and oxygen atoms in total. The predicted octanol–water partition coefficient (Wildman–Crippen LogP) is 5.02. The van der Waals surface area contributed by atoms with Gasteiger partial charge in [0.1, 0.15) is 0 Å². The van der Waals surface area contributed by atoms with Crippen molar-refractivity contribution in [1.82, 2.24) is 0 Å². The van der Waals surface area contributed by atoms with Crippen LogP contribution in [0.2, 0.25) is 0 Å². The fourth-order valence-corrected chi connectivity index (χ4v) is 3.07. The van der Waals surface area contributed by atoms with Gasteiger partial charge in [0, 0.05) is 26.4 Å². The lowest BCUT2D eigenvalue weighted by Gasteiger charge is -2.09. The Kier molecular flexibility index (Phi) is 4.77. The van der Waals surface area contributed by atoms with E-state index in [2.05, 4.69) is 15.9 Å². The SMILES string of the molecule is Nc1ccc(Br)cc1SCc1c(F)c(F)c(F)c(F)c1F. The molecule has 0 amide bonds. The third-order valence-electron chi connectivity index (χ3n) is 2.65. The van der Waals surface area contributed by atoms with Gasteiger partial charge in [-0.25, -0.2) is 22.0 Å². The Bertz CT molecular complexity index is 678. The van der Waals surface area contributed by atoms with Crippen LogP contribution in [0.25, 0.3) is 0 Å². The Labute approximate surface area is 129 Å². The van der Waals surface area contributed by atoms with Crippen LogP contribution in [-0.4, -0.2) is 0 Å². The Morgan fingerprint density at radius 2 is 1.43 bits per heavy atom. The van der Waals surface area contributed by atoms with Gasteiger partial charge in [-0.3, -0.25) is 0 Å². The zero-order chi connectivity index (χ0) is 15.7. The van der Waals surface area contributed by atoms with Gasteiger partial charge in [-0.15, -0.1) is 11.8 Å². The van der Waals surface area contributed by atoms with Crippen LogP contribution in [0.5, 0.6) is 0 Å². The van der Waals surface area contributed by atoms with Crippen LogP contribution in [0.1, 0.15) is 5.56 Å². The summed E-state index contributed by atoms with van der Waals surface area (Å²) in [4.78, 5) is 0.466. The Morgan fingerprint density at radius 3 is 2.00 bits per heavy atom. The molecule has 0 radical (unpaired) electrons. The van der Waals surface area contributed by atoms with E-state index in [1.165, 1.54) is 0 Å². The first kappa shape index (κ1) is 16.1. The third kappa shape index (κ3) is 3.16. The van der Waals surface area contributed by atoms with E-state index in [9.17, 15) is 22.0 Å². The lowest BCUT2D eigenvalue weighted by atomic mass is 10.2. The molecule has 0 aromatic heterocycles. The van der Waals surface area contributed by atoms with E-state index in [0.29, 0.717) is 15.1 Å². The fraction of sp³-hybridized carbons (Fsp3) is 0.0769. The molecule has 0 heterocycles. The molecule has 2 aromatic carbocycles. The minimum Gasteiger partial charge on any atom is -0.398 e. The summed E-state index contributed by atoms with van der Waals surface area (Å²) in [5, 5.41) is 0. The van der Waals surface area contributed by atoms with Gasteiger partial charge in [0.25, 0.3) is 0 Å². The second-order valence-electron chi connectivity index (χ2n) is 4.02. The monoisotopic (exact) mass is 383 g/mol. The first-order valence-corrected chi connectivity index (χ1v) is 7.29. The molecule has 8 heteroatoms. The Balaban J connectivity index is 2.35. The topological polar surface area (TPSA) is 26.0 Å². The van der Waals surface area contributed by atoms with Gasteiger partial charge in [-0.1, -0.05) is 15.9 Å². The molecule has 0 fully saturated rings. The number of nitrogen functional groups attached to an aromatic ring is 1. The maximum absolute atomic E-state index is 13.5. The lowest BCUT2D eigenvalue weighted by molar-refractivity contribution is 0.372. The average molecular weight is 384 g/mol. The van der Waals surface area contributed by atoms with Crippen LogP contribution in [0.3, 0.4) is 0 Å². The average Bonchev–Trinajstić information content (AvgIpc) is 2.46. The summed E-state index contributed by atoms with van der Waals surface area (Å²) < 4.78 is 66.8. The van der Waals surface area contributed by atoms with Gasteiger partial charge >= 0.3 is 0 Å². The number of hydrogen-bond acceptors (Lipinski definition) is 2. The molecule has 2 aromatic rings. The number of halogens is 6. The van der Waals surface area contributed by atoms with Crippen LogP contribution in [0.15, 0.2) is 27.6 Å². The number of benzene rings is 2. The summed E-state index contributed by atoms with van der Waals surface area (Å²) in [5.41, 5.74) is 5.14. The number of hydrogen-bond donors (Lipinski definition) is 1. The lowest BCUT2D eigenvalue weighted by Crippen LogP contribution is -2.06. The molecule has 0 saturated carbocycles. The van der Waals surface area contributed by atoms with Crippen molar-refractivity contribution in [3.63, 3.8) is 0 Å². The summed E-state index contributed by atoms with van der Waals surface area (Å²) >= 11 is 4.07. The molecule has 0 aliphatic heterocycles. The highest BCUT2D eigenvalue weighted by molar-refractivity contribution is 9.10. The highest BCUT2D eigenvalue weighted by Crippen LogP contribution is 2.33. The maximum atomic E-state index is 13.5.